The van der Waals surface area contributed by atoms with Crippen molar-refractivity contribution in [2.75, 3.05) is 24.7 Å². The monoisotopic (exact) mass is 400 g/mol. The Balaban J connectivity index is 2.09. The van der Waals surface area contributed by atoms with Gasteiger partial charge in [-0.05, 0) is 18.6 Å². The number of rotatable bonds is 6. The Labute approximate surface area is 152 Å². The molecule has 0 unspecified atom stereocenters. The van der Waals surface area contributed by atoms with Crippen molar-refractivity contribution in [2.45, 2.75) is 23.5 Å². The van der Waals surface area contributed by atoms with Gasteiger partial charge in [-0.25, -0.2) is 16.8 Å². The van der Waals surface area contributed by atoms with Crippen molar-refractivity contribution in [3.05, 3.63) is 36.5 Å². The van der Waals surface area contributed by atoms with Crippen molar-refractivity contribution in [1.82, 2.24) is 9.29 Å². The van der Waals surface area contributed by atoms with Crippen LogP contribution in [0.5, 0.6) is 0 Å². The number of fused-ring (bicyclic) bond motifs is 1. The number of aliphatic hydroxyl groups excluding tert-OH is 2. The number of sulfonamides is 1. The van der Waals surface area contributed by atoms with E-state index >= 15 is 0 Å². The lowest BCUT2D eigenvalue weighted by Crippen LogP contribution is -2.46. The van der Waals surface area contributed by atoms with Crippen molar-refractivity contribution in [3.63, 3.8) is 0 Å². The second-order valence-corrected chi connectivity index (χ2v) is 10.4. The van der Waals surface area contributed by atoms with Gasteiger partial charge < -0.3 is 10.2 Å². The average Bonchev–Trinajstić information content (AvgIpc) is 2.98. The lowest BCUT2D eigenvalue weighted by molar-refractivity contribution is 0.0730. The Kier molecular flexibility index (Phi) is 5.31. The molecule has 0 amide bonds. The minimum atomic E-state index is -4.13. The average molecular weight is 400 g/mol. The quantitative estimate of drug-likeness (QED) is 0.686. The summed E-state index contributed by atoms with van der Waals surface area (Å²) in [7, 11) is -7.46. The standard InChI is InChI=1S/C16H20N2O6S2/c19-10-14(20)9-18(13-6-8-25(21,22)11-13)26(23,24)15-5-1-3-12-4-2-7-17-16(12)15/h1-5,7,13-14,19-20H,6,8-11H2/t13-,14+/m1/s1. The van der Waals surface area contributed by atoms with Crippen molar-refractivity contribution in [1.29, 1.82) is 0 Å². The Hall–Kier alpha value is -1.59. The summed E-state index contributed by atoms with van der Waals surface area (Å²) in [6.45, 7) is -1.01. The van der Waals surface area contributed by atoms with Crippen LogP contribution in [0.2, 0.25) is 0 Å². The van der Waals surface area contributed by atoms with Crippen LogP contribution in [0.15, 0.2) is 41.4 Å². The van der Waals surface area contributed by atoms with Gasteiger partial charge in [0.2, 0.25) is 10.0 Å². The molecule has 1 fully saturated rings. The maximum Gasteiger partial charge on any atom is 0.245 e. The summed E-state index contributed by atoms with van der Waals surface area (Å²) < 4.78 is 51.2. The van der Waals surface area contributed by atoms with Crippen LogP contribution in [0, 0.1) is 0 Å². The number of hydrogen-bond acceptors (Lipinski definition) is 7. The maximum atomic E-state index is 13.3. The number of nitrogens with zero attached hydrogens (tertiary/aromatic N) is 2. The van der Waals surface area contributed by atoms with Crippen LogP contribution in [0.3, 0.4) is 0 Å². The fourth-order valence-corrected chi connectivity index (χ4v) is 6.81. The predicted molar refractivity (Wildman–Crippen MR) is 95.8 cm³/mol. The van der Waals surface area contributed by atoms with E-state index in [-0.39, 0.29) is 34.9 Å². The molecule has 0 aliphatic carbocycles. The van der Waals surface area contributed by atoms with Crippen LogP contribution < -0.4 is 0 Å². The molecular formula is C16H20N2O6S2. The Bertz CT molecular complexity index is 1000. The SMILES string of the molecule is O=S1(=O)CC[C@@H](N(C[C@H](O)CO)S(=O)(=O)c2cccc3cccnc23)C1. The first kappa shape index (κ1) is 19.2. The number of aromatic nitrogens is 1. The van der Waals surface area contributed by atoms with E-state index in [0.29, 0.717) is 5.39 Å². The number of aliphatic hydroxyl groups is 2. The predicted octanol–water partition coefficient (Wildman–Crippen LogP) is -0.234. The zero-order chi connectivity index (χ0) is 18.9. The zero-order valence-corrected chi connectivity index (χ0v) is 15.5. The molecule has 2 aromatic rings. The number of para-hydroxylation sites is 1. The van der Waals surface area contributed by atoms with Gasteiger partial charge in [-0.3, -0.25) is 4.98 Å². The third-order valence-electron chi connectivity index (χ3n) is 4.40. The molecule has 26 heavy (non-hydrogen) atoms. The Morgan fingerprint density at radius 2 is 2.00 bits per heavy atom. The fourth-order valence-electron chi connectivity index (χ4n) is 3.12. The summed E-state index contributed by atoms with van der Waals surface area (Å²) in [6, 6.07) is 7.36. The van der Waals surface area contributed by atoms with Crippen molar-refractivity contribution in [3.8, 4) is 0 Å². The molecular weight excluding hydrogens is 380 g/mol. The van der Waals surface area contributed by atoms with Crippen LogP contribution in [0.4, 0.5) is 0 Å². The van der Waals surface area contributed by atoms with Crippen LogP contribution >= 0.6 is 0 Å². The molecule has 1 saturated heterocycles. The van der Waals surface area contributed by atoms with Crippen LogP contribution in [0.1, 0.15) is 6.42 Å². The molecule has 142 valence electrons. The molecule has 2 atom stereocenters. The summed E-state index contributed by atoms with van der Waals surface area (Å²) >= 11 is 0. The van der Waals surface area contributed by atoms with Gasteiger partial charge in [0.1, 0.15) is 4.90 Å². The largest absolute Gasteiger partial charge is 0.394 e. The van der Waals surface area contributed by atoms with Crippen LogP contribution in [-0.4, -0.2) is 73.1 Å². The molecule has 2 N–H and O–H groups in total. The third-order valence-corrected chi connectivity index (χ3v) is 8.10. The van der Waals surface area contributed by atoms with Gasteiger partial charge in [-0.2, -0.15) is 4.31 Å². The van der Waals surface area contributed by atoms with Crippen LogP contribution in [0.25, 0.3) is 10.9 Å². The summed E-state index contributed by atoms with van der Waals surface area (Å²) in [5, 5.41) is 19.6. The Morgan fingerprint density at radius 3 is 2.65 bits per heavy atom. The smallest absolute Gasteiger partial charge is 0.245 e. The van der Waals surface area contributed by atoms with E-state index in [2.05, 4.69) is 4.98 Å². The summed E-state index contributed by atoms with van der Waals surface area (Å²) in [5.74, 6) is -0.407. The van der Waals surface area contributed by atoms with Gasteiger partial charge in [0.25, 0.3) is 0 Å². The second-order valence-electron chi connectivity index (χ2n) is 6.30. The van der Waals surface area contributed by atoms with Gasteiger partial charge in [-0.1, -0.05) is 18.2 Å². The first-order valence-corrected chi connectivity index (χ1v) is 11.4. The molecule has 0 radical (unpaired) electrons. The summed E-state index contributed by atoms with van der Waals surface area (Å²) in [5.41, 5.74) is 0.277. The van der Waals surface area contributed by atoms with E-state index in [9.17, 15) is 21.9 Å². The topological polar surface area (TPSA) is 125 Å². The number of sulfone groups is 1. The number of benzene rings is 1. The molecule has 1 aromatic carbocycles. The zero-order valence-electron chi connectivity index (χ0n) is 13.9. The van der Waals surface area contributed by atoms with Gasteiger partial charge in [0.05, 0.1) is 29.7 Å². The van der Waals surface area contributed by atoms with E-state index in [0.717, 1.165) is 4.31 Å². The van der Waals surface area contributed by atoms with Gasteiger partial charge in [-0.15, -0.1) is 0 Å². The first-order valence-electron chi connectivity index (χ1n) is 8.09. The highest BCUT2D eigenvalue weighted by Gasteiger charge is 2.40. The van der Waals surface area contributed by atoms with E-state index in [4.69, 9.17) is 5.11 Å². The maximum absolute atomic E-state index is 13.3. The second kappa shape index (κ2) is 7.20. The van der Waals surface area contributed by atoms with E-state index < -0.39 is 38.6 Å². The molecule has 0 bridgehead atoms. The number of hydrogen-bond donors (Lipinski definition) is 2. The molecule has 8 nitrogen and oxygen atoms in total. The highest BCUT2D eigenvalue weighted by atomic mass is 32.2. The summed E-state index contributed by atoms with van der Waals surface area (Å²) in [6.07, 6.45) is 0.322. The third kappa shape index (κ3) is 3.74. The normalized spacial score (nSPS) is 21.3. The van der Waals surface area contributed by atoms with E-state index in [1.807, 2.05) is 0 Å². The van der Waals surface area contributed by atoms with Crippen molar-refractivity contribution in [2.24, 2.45) is 0 Å². The molecule has 1 aliphatic heterocycles. The molecule has 0 spiro atoms. The van der Waals surface area contributed by atoms with Gasteiger partial charge in [0, 0.05) is 24.2 Å². The lowest BCUT2D eigenvalue weighted by atomic mass is 10.2. The highest BCUT2D eigenvalue weighted by molar-refractivity contribution is 7.92. The molecule has 2 heterocycles. The minimum Gasteiger partial charge on any atom is -0.394 e. The van der Waals surface area contributed by atoms with Crippen molar-refractivity contribution >= 4 is 30.8 Å². The Morgan fingerprint density at radius 1 is 1.27 bits per heavy atom. The van der Waals surface area contributed by atoms with Gasteiger partial charge >= 0.3 is 0 Å². The molecule has 1 aliphatic rings. The fraction of sp³-hybridized carbons (Fsp3) is 0.438. The minimum absolute atomic E-state index is 0.0509. The molecule has 10 heteroatoms. The van der Waals surface area contributed by atoms with Crippen LogP contribution in [-0.2, 0) is 19.9 Å². The molecule has 3 rings (SSSR count). The van der Waals surface area contributed by atoms with Gasteiger partial charge in [0.15, 0.2) is 9.84 Å². The van der Waals surface area contributed by atoms with E-state index in [1.54, 1.807) is 24.3 Å². The van der Waals surface area contributed by atoms with E-state index in [1.165, 1.54) is 12.3 Å². The highest BCUT2D eigenvalue weighted by Crippen LogP contribution is 2.29. The number of pyridine rings is 1. The lowest BCUT2D eigenvalue weighted by Gasteiger charge is -2.29. The molecule has 1 aromatic heterocycles. The summed E-state index contributed by atoms with van der Waals surface area (Å²) in [4.78, 5) is 4.10. The first-order chi connectivity index (χ1) is 12.2. The molecule has 0 saturated carbocycles. The van der Waals surface area contributed by atoms with Crippen molar-refractivity contribution < 1.29 is 27.0 Å².